The molecule has 0 saturated carbocycles. The van der Waals surface area contributed by atoms with Crippen LogP contribution in [0.25, 0.3) is 0 Å². The molecule has 1 aromatic carbocycles. The van der Waals surface area contributed by atoms with Gasteiger partial charge in [0.2, 0.25) is 11.8 Å². The molecule has 1 aromatic heterocycles. The van der Waals surface area contributed by atoms with Gasteiger partial charge in [0.15, 0.2) is 0 Å². The summed E-state index contributed by atoms with van der Waals surface area (Å²) in [7, 11) is 0. The van der Waals surface area contributed by atoms with E-state index < -0.39 is 0 Å². The van der Waals surface area contributed by atoms with Crippen LogP contribution in [-0.2, 0) is 16.0 Å². The lowest BCUT2D eigenvalue weighted by Crippen LogP contribution is -2.15. The summed E-state index contributed by atoms with van der Waals surface area (Å²) < 4.78 is 0. The van der Waals surface area contributed by atoms with Crippen molar-refractivity contribution in [1.82, 2.24) is 4.98 Å². The lowest BCUT2D eigenvalue weighted by Gasteiger charge is -2.07. The first-order chi connectivity index (χ1) is 10.0. The number of amides is 2. The first-order valence-corrected chi connectivity index (χ1v) is 6.41. The molecule has 21 heavy (non-hydrogen) atoms. The van der Waals surface area contributed by atoms with Crippen LogP contribution in [0, 0.1) is 0 Å². The number of nitrogen functional groups attached to an aromatic ring is 1. The molecule has 0 aliphatic rings. The molecule has 0 aliphatic carbocycles. The highest BCUT2D eigenvalue weighted by Crippen LogP contribution is 2.14. The van der Waals surface area contributed by atoms with Gasteiger partial charge in [-0.25, -0.2) is 0 Å². The first kappa shape index (κ1) is 14.5. The minimum atomic E-state index is -0.167. The van der Waals surface area contributed by atoms with Crippen LogP contribution in [0.1, 0.15) is 12.6 Å². The number of carbonyl (C=O) groups is 2. The van der Waals surface area contributed by atoms with E-state index in [1.165, 1.54) is 13.1 Å². The van der Waals surface area contributed by atoms with Crippen molar-refractivity contribution in [2.75, 3.05) is 16.4 Å². The quantitative estimate of drug-likeness (QED) is 0.797. The molecule has 0 unspecified atom stereocenters. The second-order valence-electron chi connectivity index (χ2n) is 4.57. The molecule has 0 radical (unpaired) electrons. The summed E-state index contributed by atoms with van der Waals surface area (Å²) in [5, 5.41) is 5.42. The molecule has 0 atom stereocenters. The molecule has 0 spiro atoms. The maximum atomic E-state index is 11.9. The van der Waals surface area contributed by atoms with Crippen LogP contribution >= 0.6 is 0 Å². The molecule has 2 aromatic rings. The van der Waals surface area contributed by atoms with Crippen LogP contribution in [0.5, 0.6) is 0 Å². The van der Waals surface area contributed by atoms with E-state index in [0.717, 1.165) is 0 Å². The number of hydrogen-bond acceptors (Lipinski definition) is 4. The van der Waals surface area contributed by atoms with E-state index in [1.807, 2.05) is 0 Å². The molecular weight excluding hydrogens is 268 g/mol. The van der Waals surface area contributed by atoms with Gasteiger partial charge in [-0.15, -0.1) is 0 Å². The standard InChI is InChI=1S/C15H16N4O2/c1-10(20)18-12-4-6-13(7-5-12)19-15(21)8-14-3-2-11(16)9-17-14/h2-7,9H,8,16H2,1H3,(H,18,20)(H,19,21). The van der Waals surface area contributed by atoms with Crippen molar-refractivity contribution in [2.24, 2.45) is 0 Å². The molecule has 6 nitrogen and oxygen atoms in total. The van der Waals surface area contributed by atoms with Crippen LogP contribution in [0.15, 0.2) is 42.6 Å². The SMILES string of the molecule is CC(=O)Nc1ccc(NC(=O)Cc2ccc(N)cn2)cc1. The van der Waals surface area contributed by atoms with E-state index in [2.05, 4.69) is 15.6 Å². The fourth-order valence-electron chi connectivity index (χ4n) is 1.75. The molecule has 2 rings (SSSR count). The van der Waals surface area contributed by atoms with E-state index in [9.17, 15) is 9.59 Å². The molecule has 0 saturated heterocycles. The Kier molecular flexibility index (Phi) is 4.50. The molecule has 6 heteroatoms. The number of nitrogens with one attached hydrogen (secondary N) is 2. The largest absolute Gasteiger partial charge is 0.397 e. The molecule has 0 aliphatic heterocycles. The summed E-state index contributed by atoms with van der Waals surface area (Å²) >= 11 is 0. The lowest BCUT2D eigenvalue weighted by molar-refractivity contribution is -0.116. The number of benzene rings is 1. The topological polar surface area (TPSA) is 97.1 Å². The number of rotatable bonds is 4. The number of hydrogen-bond donors (Lipinski definition) is 3. The smallest absolute Gasteiger partial charge is 0.230 e. The zero-order chi connectivity index (χ0) is 15.2. The Morgan fingerprint density at radius 2 is 1.67 bits per heavy atom. The molecule has 2 amide bonds. The van der Waals surface area contributed by atoms with Crippen molar-refractivity contribution < 1.29 is 9.59 Å². The van der Waals surface area contributed by atoms with Gasteiger partial charge in [0.1, 0.15) is 0 Å². The lowest BCUT2D eigenvalue weighted by atomic mass is 10.2. The number of nitrogens with two attached hydrogens (primary N) is 1. The molecular formula is C15H16N4O2. The summed E-state index contributed by atoms with van der Waals surface area (Å²) in [6, 6.07) is 10.3. The highest BCUT2D eigenvalue weighted by Gasteiger charge is 2.05. The van der Waals surface area contributed by atoms with E-state index in [4.69, 9.17) is 5.73 Å². The Bertz CT molecular complexity index is 636. The fraction of sp³-hybridized carbons (Fsp3) is 0.133. The van der Waals surface area contributed by atoms with Crippen molar-refractivity contribution in [3.63, 3.8) is 0 Å². The van der Waals surface area contributed by atoms with E-state index in [1.54, 1.807) is 36.4 Å². The van der Waals surface area contributed by atoms with E-state index in [-0.39, 0.29) is 18.2 Å². The molecule has 4 N–H and O–H groups in total. The highest BCUT2D eigenvalue weighted by atomic mass is 16.2. The Morgan fingerprint density at radius 1 is 1.05 bits per heavy atom. The number of nitrogens with zero attached hydrogens (tertiary/aromatic N) is 1. The van der Waals surface area contributed by atoms with Gasteiger partial charge in [0.05, 0.1) is 18.3 Å². The van der Waals surface area contributed by atoms with Gasteiger partial charge in [0, 0.05) is 24.0 Å². The zero-order valence-electron chi connectivity index (χ0n) is 11.6. The van der Waals surface area contributed by atoms with E-state index in [0.29, 0.717) is 22.8 Å². The number of aromatic nitrogens is 1. The first-order valence-electron chi connectivity index (χ1n) is 6.41. The Balaban J connectivity index is 1.93. The predicted octanol–water partition coefficient (Wildman–Crippen LogP) is 1.80. The van der Waals surface area contributed by atoms with Crippen molar-refractivity contribution in [3.05, 3.63) is 48.3 Å². The normalized spacial score (nSPS) is 9.95. The van der Waals surface area contributed by atoms with Crippen molar-refractivity contribution in [1.29, 1.82) is 0 Å². The van der Waals surface area contributed by atoms with Crippen molar-refractivity contribution in [3.8, 4) is 0 Å². The summed E-state index contributed by atoms with van der Waals surface area (Å²) in [4.78, 5) is 26.9. The third-order valence-electron chi connectivity index (χ3n) is 2.68. The molecule has 1 heterocycles. The fourth-order valence-corrected chi connectivity index (χ4v) is 1.75. The van der Waals surface area contributed by atoms with Crippen LogP contribution in [0.2, 0.25) is 0 Å². The second kappa shape index (κ2) is 6.51. The summed E-state index contributed by atoms with van der Waals surface area (Å²) in [6.45, 7) is 1.44. The minimum Gasteiger partial charge on any atom is -0.397 e. The predicted molar refractivity (Wildman–Crippen MR) is 81.7 cm³/mol. The molecule has 0 bridgehead atoms. The average Bonchev–Trinajstić information content (AvgIpc) is 2.43. The van der Waals surface area contributed by atoms with Gasteiger partial charge in [-0.3, -0.25) is 14.6 Å². The Morgan fingerprint density at radius 3 is 2.19 bits per heavy atom. The van der Waals surface area contributed by atoms with Crippen LogP contribution in [0.3, 0.4) is 0 Å². The third-order valence-corrected chi connectivity index (χ3v) is 2.68. The number of anilines is 3. The summed E-state index contributed by atoms with van der Waals surface area (Å²) in [5.41, 5.74) is 8.09. The van der Waals surface area contributed by atoms with Crippen LogP contribution in [-0.4, -0.2) is 16.8 Å². The third kappa shape index (κ3) is 4.61. The minimum absolute atomic E-state index is 0.138. The van der Waals surface area contributed by atoms with Gasteiger partial charge >= 0.3 is 0 Å². The summed E-state index contributed by atoms with van der Waals surface area (Å²) in [5.74, 6) is -0.305. The van der Waals surface area contributed by atoms with Gasteiger partial charge in [-0.05, 0) is 36.4 Å². The van der Waals surface area contributed by atoms with Crippen molar-refractivity contribution in [2.45, 2.75) is 13.3 Å². The Labute approximate surface area is 122 Å². The second-order valence-corrected chi connectivity index (χ2v) is 4.57. The van der Waals surface area contributed by atoms with Gasteiger partial charge in [-0.2, -0.15) is 0 Å². The molecule has 0 fully saturated rings. The number of carbonyl (C=O) groups excluding carboxylic acids is 2. The maximum Gasteiger partial charge on any atom is 0.230 e. The van der Waals surface area contributed by atoms with Crippen LogP contribution < -0.4 is 16.4 Å². The maximum absolute atomic E-state index is 11.9. The van der Waals surface area contributed by atoms with Gasteiger partial charge in [0.25, 0.3) is 0 Å². The number of pyridine rings is 1. The monoisotopic (exact) mass is 284 g/mol. The average molecular weight is 284 g/mol. The van der Waals surface area contributed by atoms with Gasteiger partial charge in [-0.1, -0.05) is 0 Å². The Hall–Kier alpha value is -2.89. The molecule has 108 valence electrons. The zero-order valence-corrected chi connectivity index (χ0v) is 11.6. The van der Waals surface area contributed by atoms with Crippen molar-refractivity contribution >= 4 is 28.9 Å². The van der Waals surface area contributed by atoms with Gasteiger partial charge < -0.3 is 16.4 Å². The van der Waals surface area contributed by atoms with E-state index >= 15 is 0 Å². The highest BCUT2D eigenvalue weighted by molar-refractivity contribution is 5.93. The van der Waals surface area contributed by atoms with Crippen LogP contribution in [0.4, 0.5) is 17.1 Å². The summed E-state index contributed by atoms with van der Waals surface area (Å²) in [6.07, 6.45) is 1.69.